The number of hydroxylamine groups is 2. The van der Waals surface area contributed by atoms with Gasteiger partial charge in [0.25, 0.3) is 0 Å². The minimum Gasteiger partial charge on any atom is -0.444 e. The van der Waals surface area contributed by atoms with Crippen LogP contribution in [0.5, 0.6) is 0 Å². The summed E-state index contributed by atoms with van der Waals surface area (Å²) in [5.41, 5.74) is -0.471. The van der Waals surface area contributed by atoms with Crippen molar-refractivity contribution in [3.05, 3.63) is 0 Å². The molecule has 2 amide bonds. The smallest absolute Gasteiger partial charge is 0.410 e. The lowest BCUT2D eigenvalue weighted by Crippen LogP contribution is -2.43. The minimum atomic E-state index is -0.471. The summed E-state index contributed by atoms with van der Waals surface area (Å²) >= 11 is 0. The average molecular weight is 300 g/mol. The number of hydrogen-bond acceptors (Lipinski definition) is 4. The molecule has 1 aliphatic heterocycles. The van der Waals surface area contributed by atoms with Gasteiger partial charge in [-0.25, -0.2) is 9.86 Å². The Morgan fingerprint density at radius 1 is 1.33 bits per heavy atom. The average Bonchev–Trinajstić information content (AvgIpc) is 2.42. The topological polar surface area (TPSA) is 59.1 Å². The fraction of sp³-hybridized carbons (Fsp3) is 0.867. The summed E-state index contributed by atoms with van der Waals surface area (Å²) in [6.07, 6.45) is 2.96. The second-order valence-corrected chi connectivity index (χ2v) is 6.55. The second-order valence-electron chi connectivity index (χ2n) is 6.55. The molecule has 0 spiro atoms. The molecule has 21 heavy (non-hydrogen) atoms. The van der Waals surface area contributed by atoms with Crippen LogP contribution < -0.4 is 0 Å². The molecule has 0 aliphatic carbocycles. The summed E-state index contributed by atoms with van der Waals surface area (Å²) in [7, 11) is 3.08. The summed E-state index contributed by atoms with van der Waals surface area (Å²) in [6.45, 7) is 7.00. The number of rotatable bonds is 4. The van der Waals surface area contributed by atoms with Gasteiger partial charge in [-0.3, -0.25) is 9.63 Å². The molecule has 1 atom stereocenters. The van der Waals surface area contributed by atoms with E-state index in [-0.39, 0.29) is 12.0 Å². The summed E-state index contributed by atoms with van der Waals surface area (Å²) in [5, 5.41) is 1.24. The largest absolute Gasteiger partial charge is 0.444 e. The van der Waals surface area contributed by atoms with Crippen molar-refractivity contribution in [3.63, 3.8) is 0 Å². The van der Waals surface area contributed by atoms with Crippen molar-refractivity contribution in [2.45, 2.75) is 52.1 Å². The van der Waals surface area contributed by atoms with Gasteiger partial charge in [0.05, 0.1) is 7.11 Å². The van der Waals surface area contributed by atoms with Gasteiger partial charge < -0.3 is 9.64 Å². The standard InChI is InChI=1S/C15H28N2O4/c1-15(2,3)21-14(19)17-10-6-7-12(11-17)8-9-13(18)16(4)20-5/h12H,6-11H2,1-5H3/t12-/m0/s1. The van der Waals surface area contributed by atoms with E-state index in [1.165, 1.54) is 12.2 Å². The van der Waals surface area contributed by atoms with Crippen molar-refractivity contribution in [2.75, 3.05) is 27.2 Å². The third-order valence-electron chi connectivity index (χ3n) is 3.56. The summed E-state index contributed by atoms with van der Waals surface area (Å²) < 4.78 is 5.40. The van der Waals surface area contributed by atoms with Crippen LogP contribution in [0.4, 0.5) is 4.79 Å². The molecule has 0 aromatic heterocycles. The van der Waals surface area contributed by atoms with Crippen LogP contribution in [0.25, 0.3) is 0 Å². The first kappa shape index (κ1) is 17.8. The molecule has 122 valence electrons. The Morgan fingerprint density at radius 3 is 2.57 bits per heavy atom. The van der Waals surface area contributed by atoms with Gasteiger partial charge in [-0.15, -0.1) is 0 Å². The Kier molecular flexibility index (Phi) is 6.45. The summed E-state index contributed by atoms with van der Waals surface area (Å²) in [4.78, 5) is 30.4. The predicted octanol–water partition coefficient (Wildman–Crippen LogP) is 2.43. The Labute approximate surface area is 127 Å². The van der Waals surface area contributed by atoms with Crippen molar-refractivity contribution in [3.8, 4) is 0 Å². The van der Waals surface area contributed by atoms with Crippen LogP contribution in [0.15, 0.2) is 0 Å². The van der Waals surface area contributed by atoms with E-state index < -0.39 is 5.60 Å². The van der Waals surface area contributed by atoms with Gasteiger partial charge in [-0.1, -0.05) is 0 Å². The predicted molar refractivity (Wildman–Crippen MR) is 79.5 cm³/mol. The summed E-state index contributed by atoms with van der Waals surface area (Å²) in [6, 6.07) is 0. The molecule has 6 heteroatoms. The molecule has 0 aromatic carbocycles. The van der Waals surface area contributed by atoms with Crippen molar-refractivity contribution in [1.29, 1.82) is 0 Å². The number of likely N-dealkylation sites (tertiary alicyclic amines) is 1. The Hall–Kier alpha value is -1.30. The van der Waals surface area contributed by atoms with E-state index >= 15 is 0 Å². The third kappa shape index (κ3) is 6.33. The fourth-order valence-corrected chi connectivity index (χ4v) is 2.38. The highest BCUT2D eigenvalue weighted by Gasteiger charge is 2.27. The lowest BCUT2D eigenvalue weighted by molar-refractivity contribution is -0.169. The lowest BCUT2D eigenvalue weighted by Gasteiger charge is -2.34. The molecular formula is C15H28N2O4. The van der Waals surface area contributed by atoms with Crippen molar-refractivity contribution < 1.29 is 19.2 Å². The van der Waals surface area contributed by atoms with E-state index in [2.05, 4.69) is 0 Å². The minimum absolute atomic E-state index is 0.0353. The first-order valence-electron chi connectivity index (χ1n) is 7.51. The highest BCUT2D eigenvalue weighted by atomic mass is 16.7. The molecule has 0 aromatic rings. The van der Waals surface area contributed by atoms with Gasteiger partial charge in [0.1, 0.15) is 5.60 Å². The van der Waals surface area contributed by atoms with Gasteiger partial charge >= 0.3 is 6.09 Å². The van der Waals surface area contributed by atoms with Gasteiger partial charge in [0.2, 0.25) is 5.91 Å². The zero-order valence-electron chi connectivity index (χ0n) is 13.8. The van der Waals surface area contributed by atoms with Gasteiger partial charge in [-0.2, -0.15) is 0 Å². The van der Waals surface area contributed by atoms with Crippen LogP contribution in [0.2, 0.25) is 0 Å². The maximum absolute atomic E-state index is 12.1. The molecule has 0 N–H and O–H groups in total. The molecular weight excluding hydrogens is 272 g/mol. The van der Waals surface area contributed by atoms with Crippen LogP contribution in [0.1, 0.15) is 46.5 Å². The summed E-state index contributed by atoms with van der Waals surface area (Å²) in [5.74, 6) is 0.312. The van der Waals surface area contributed by atoms with Crippen molar-refractivity contribution in [1.82, 2.24) is 9.96 Å². The molecule has 1 aliphatic rings. The zero-order valence-corrected chi connectivity index (χ0v) is 13.8. The third-order valence-corrected chi connectivity index (χ3v) is 3.56. The normalized spacial score (nSPS) is 19.3. The van der Waals surface area contributed by atoms with Crippen LogP contribution in [0.3, 0.4) is 0 Å². The number of amides is 2. The highest BCUT2D eigenvalue weighted by molar-refractivity contribution is 5.74. The molecule has 1 saturated heterocycles. The molecule has 0 bridgehead atoms. The lowest BCUT2D eigenvalue weighted by atomic mass is 9.93. The first-order chi connectivity index (χ1) is 9.73. The zero-order chi connectivity index (χ0) is 16.0. The quantitative estimate of drug-likeness (QED) is 0.748. The van der Waals surface area contributed by atoms with E-state index in [1.807, 2.05) is 20.8 Å². The number of hydrogen-bond donors (Lipinski definition) is 0. The molecule has 1 rings (SSSR count). The Bertz CT molecular complexity index is 365. The number of ether oxygens (including phenoxy) is 1. The van der Waals surface area contributed by atoms with E-state index in [4.69, 9.17) is 9.57 Å². The Balaban J connectivity index is 2.42. The number of nitrogens with zero attached hydrogens (tertiary/aromatic N) is 2. The van der Waals surface area contributed by atoms with Crippen LogP contribution in [0, 0.1) is 5.92 Å². The SMILES string of the molecule is CON(C)C(=O)CC[C@@H]1CCCN(C(=O)OC(C)(C)C)C1. The van der Waals surface area contributed by atoms with Crippen molar-refractivity contribution >= 4 is 12.0 Å². The molecule has 0 saturated carbocycles. The van der Waals surface area contributed by atoms with E-state index in [0.29, 0.717) is 18.9 Å². The molecule has 6 nitrogen and oxygen atoms in total. The van der Waals surface area contributed by atoms with E-state index in [1.54, 1.807) is 11.9 Å². The highest BCUT2D eigenvalue weighted by Crippen LogP contribution is 2.23. The molecule has 0 unspecified atom stereocenters. The number of carbonyl (C=O) groups excluding carboxylic acids is 2. The second kappa shape index (κ2) is 7.64. The number of carbonyl (C=O) groups is 2. The first-order valence-corrected chi connectivity index (χ1v) is 7.51. The van der Waals surface area contributed by atoms with Crippen molar-refractivity contribution in [2.24, 2.45) is 5.92 Å². The van der Waals surface area contributed by atoms with Gasteiger partial charge in [-0.05, 0) is 46.0 Å². The molecule has 1 fully saturated rings. The maximum Gasteiger partial charge on any atom is 0.410 e. The monoisotopic (exact) mass is 300 g/mol. The molecule has 0 radical (unpaired) electrons. The van der Waals surface area contributed by atoms with E-state index in [9.17, 15) is 9.59 Å². The van der Waals surface area contributed by atoms with Crippen LogP contribution in [-0.2, 0) is 14.4 Å². The fourth-order valence-electron chi connectivity index (χ4n) is 2.38. The van der Waals surface area contributed by atoms with Crippen LogP contribution >= 0.6 is 0 Å². The Morgan fingerprint density at radius 2 is 2.00 bits per heavy atom. The van der Waals surface area contributed by atoms with Crippen LogP contribution in [-0.4, -0.2) is 54.8 Å². The maximum atomic E-state index is 12.1. The van der Waals surface area contributed by atoms with E-state index in [0.717, 1.165) is 25.8 Å². The number of piperidine rings is 1. The van der Waals surface area contributed by atoms with Gasteiger partial charge in [0.15, 0.2) is 0 Å². The molecule has 1 heterocycles. The van der Waals surface area contributed by atoms with Gasteiger partial charge in [0, 0.05) is 26.6 Å².